The second-order valence-electron chi connectivity index (χ2n) is 7.30. The van der Waals surface area contributed by atoms with Crippen LogP contribution in [-0.4, -0.2) is 35.3 Å². The number of benzene rings is 1. The molecule has 2 aromatic rings. The maximum Gasteiger partial charge on any atom is 0.224 e. The predicted molar refractivity (Wildman–Crippen MR) is 107 cm³/mol. The highest BCUT2D eigenvalue weighted by molar-refractivity contribution is 6.36. The number of rotatable bonds is 7. The van der Waals surface area contributed by atoms with Gasteiger partial charge in [0.15, 0.2) is 0 Å². The molecule has 1 aromatic carbocycles. The molecule has 0 bridgehead atoms. The Hall–Kier alpha value is -1.56. The second kappa shape index (κ2) is 8.89. The number of fused-ring (bicyclic) bond motifs is 1. The first-order chi connectivity index (χ1) is 12.6. The second-order valence-corrected chi connectivity index (χ2v) is 7.70. The van der Waals surface area contributed by atoms with Gasteiger partial charge in [-0.1, -0.05) is 36.9 Å². The van der Waals surface area contributed by atoms with Crippen molar-refractivity contribution >= 4 is 34.1 Å². The molecule has 0 saturated heterocycles. The molecule has 1 atom stereocenters. The molecule has 6 heteroatoms. The summed E-state index contributed by atoms with van der Waals surface area (Å²) in [6, 6.07) is 5.68. The van der Waals surface area contributed by atoms with E-state index in [0.717, 1.165) is 29.4 Å². The van der Waals surface area contributed by atoms with Gasteiger partial charge >= 0.3 is 0 Å². The van der Waals surface area contributed by atoms with Crippen LogP contribution < -0.4 is 10.6 Å². The summed E-state index contributed by atoms with van der Waals surface area (Å²) in [5.41, 5.74) is 1.64. The van der Waals surface area contributed by atoms with E-state index in [2.05, 4.69) is 10.6 Å². The Morgan fingerprint density at radius 3 is 2.85 bits per heavy atom. The molecule has 142 valence electrons. The van der Waals surface area contributed by atoms with Crippen LogP contribution in [0.2, 0.25) is 5.02 Å². The number of anilines is 1. The van der Waals surface area contributed by atoms with Crippen molar-refractivity contribution < 1.29 is 9.90 Å². The Balaban J connectivity index is 1.79. The molecule has 1 aromatic heterocycles. The van der Waals surface area contributed by atoms with E-state index in [4.69, 9.17) is 11.6 Å². The van der Waals surface area contributed by atoms with Crippen LogP contribution in [0.1, 0.15) is 38.5 Å². The highest BCUT2D eigenvalue weighted by Gasteiger charge is 2.19. The van der Waals surface area contributed by atoms with Crippen molar-refractivity contribution in [3.05, 3.63) is 29.4 Å². The first-order valence-corrected chi connectivity index (χ1v) is 9.86. The fourth-order valence-corrected chi connectivity index (χ4v) is 4.21. The molecule has 1 aliphatic carbocycles. The third-order valence-electron chi connectivity index (χ3n) is 5.18. The van der Waals surface area contributed by atoms with Gasteiger partial charge in [0.25, 0.3) is 0 Å². The number of carbonyl (C=O) groups is 1. The number of hydrogen-bond acceptors (Lipinski definition) is 3. The molecule has 0 radical (unpaired) electrons. The Kier molecular flexibility index (Phi) is 6.57. The van der Waals surface area contributed by atoms with Crippen molar-refractivity contribution in [2.24, 2.45) is 5.92 Å². The molecule has 3 N–H and O–H groups in total. The molecule has 1 amide bonds. The van der Waals surface area contributed by atoms with E-state index >= 15 is 0 Å². The summed E-state index contributed by atoms with van der Waals surface area (Å²) >= 11 is 6.41. The molecule has 1 heterocycles. The molecule has 3 rings (SSSR count). The van der Waals surface area contributed by atoms with Gasteiger partial charge in [-0.3, -0.25) is 4.79 Å². The highest BCUT2D eigenvalue weighted by Crippen LogP contribution is 2.33. The third-order valence-corrected chi connectivity index (χ3v) is 5.49. The molecule has 1 saturated carbocycles. The number of carbonyl (C=O) groups excluding carboxylic acids is 1. The monoisotopic (exact) mass is 377 g/mol. The lowest BCUT2D eigenvalue weighted by atomic mass is 9.87. The number of nitrogens with one attached hydrogen (secondary N) is 2. The number of hydrogen-bond donors (Lipinski definition) is 3. The Labute approximate surface area is 159 Å². The lowest BCUT2D eigenvalue weighted by Gasteiger charge is -2.20. The number of aliphatic hydroxyl groups excluding tert-OH is 1. The Bertz CT molecular complexity index is 753. The van der Waals surface area contributed by atoms with Crippen molar-refractivity contribution in [3.8, 4) is 0 Å². The molecule has 1 aliphatic rings. The van der Waals surface area contributed by atoms with Crippen LogP contribution in [0.25, 0.3) is 10.9 Å². The summed E-state index contributed by atoms with van der Waals surface area (Å²) in [5, 5.41) is 17.6. The number of aliphatic hydroxyl groups is 1. The minimum absolute atomic E-state index is 0.0478. The minimum Gasteiger partial charge on any atom is -0.390 e. The number of halogens is 1. The number of likely N-dealkylation sites (N-methyl/N-ethyl adjacent to an activating group) is 1. The van der Waals surface area contributed by atoms with E-state index in [1.807, 2.05) is 36.0 Å². The van der Waals surface area contributed by atoms with E-state index in [-0.39, 0.29) is 5.91 Å². The van der Waals surface area contributed by atoms with Crippen molar-refractivity contribution in [3.63, 3.8) is 0 Å². The molecule has 5 nitrogen and oxygen atoms in total. The Morgan fingerprint density at radius 2 is 2.12 bits per heavy atom. The fraction of sp³-hybridized carbons (Fsp3) is 0.550. The van der Waals surface area contributed by atoms with Crippen molar-refractivity contribution in [1.29, 1.82) is 0 Å². The molecule has 0 spiro atoms. The van der Waals surface area contributed by atoms with Crippen LogP contribution in [0.5, 0.6) is 0 Å². The lowest BCUT2D eigenvalue weighted by Crippen LogP contribution is -2.27. The normalized spacial score (nSPS) is 16.7. The molecular weight excluding hydrogens is 350 g/mol. The topological polar surface area (TPSA) is 66.3 Å². The van der Waals surface area contributed by atoms with Gasteiger partial charge in [0.2, 0.25) is 5.91 Å². The third kappa shape index (κ3) is 4.58. The standard InChI is InChI=1S/C20H28ClN3O2/c1-22-11-15(25)12-24-13-17(20-16(21)8-5-9-18(20)24)23-19(26)10-14-6-3-2-4-7-14/h5,8-9,13-15,22,25H,2-4,6-7,10-12H2,1H3,(H,23,26). The van der Waals surface area contributed by atoms with E-state index < -0.39 is 6.10 Å². The maximum atomic E-state index is 12.5. The molecule has 1 fully saturated rings. The van der Waals surface area contributed by atoms with Crippen LogP contribution in [0, 0.1) is 5.92 Å². The smallest absolute Gasteiger partial charge is 0.224 e. The van der Waals surface area contributed by atoms with Crippen molar-refractivity contribution in [1.82, 2.24) is 9.88 Å². The molecule has 1 unspecified atom stereocenters. The van der Waals surface area contributed by atoms with Gasteiger partial charge in [0.05, 0.1) is 22.3 Å². The van der Waals surface area contributed by atoms with Gasteiger partial charge in [0, 0.05) is 31.1 Å². The highest BCUT2D eigenvalue weighted by atomic mass is 35.5. The van der Waals surface area contributed by atoms with Crippen LogP contribution in [0.15, 0.2) is 24.4 Å². The van der Waals surface area contributed by atoms with Crippen molar-refractivity contribution in [2.45, 2.75) is 51.2 Å². The van der Waals surface area contributed by atoms with Gasteiger partial charge < -0.3 is 20.3 Å². The quantitative estimate of drug-likeness (QED) is 0.687. The first kappa shape index (κ1) is 19.2. The minimum atomic E-state index is -0.514. The van der Waals surface area contributed by atoms with E-state index in [9.17, 15) is 9.90 Å². The van der Waals surface area contributed by atoms with Gasteiger partial charge in [-0.15, -0.1) is 0 Å². The summed E-state index contributed by atoms with van der Waals surface area (Å²) in [5.74, 6) is 0.539. The number of amides is 1. The zero-order valence-electron chi connectivity index (χ0n) is 15.3. The number of nitrogens with zero attached hydrogens (tertiary/aromatic N) is 1. The molecule has 26 heavy (non-hydrogen) atoms. The van der Waals surface area contributed by atoms with Crippen LogP contribution in [-0.2, 0) is 11.3 Å². The molecular formula is C20H28ClN3O2. The van der Waals surface area contributed by atoms with Crippen LogP contribution in [0.4, 0.5) is 5.69 Å². The average Bonchev–Trinajstić information content (AvgIpc) is 2.94. The Morgan fingerprint density at radius 1 is 1.35 bits per heavy atom. The maximum absolute atomic E-state index is 12.5. The zero-order valence-corrected chi connectivity index (χ0v) is 16.1. The SMILES string of the molecule is CNCC(O)Cn1cc(NC(=O)CC2CCCCC2)c2c(Cl)cccc21. The summed E-state index contributed by atoms with van der Waals surface area (Å²) in [6.45, 7) is 0.944. The van der Waals surface area contributed by atoms with Crippen LogP contribution in [0.3, 0.4) is 0 Å². The zero-order chi connectivity index (χ0) is 18.5. The first-order valence-electron chi connectivity index (χ1n) is 9.48. The molecule has 0 aliphatic heterocycles. The lowest BCUT2D eigenvalue weighted by molar-refractivity contribution is -0.117. The van der Waals surface area contributed by atoms with Crippen LogP contribution >= 0.6 is 11.6 Å². The van der Waals surface area contributed by atoms with Gasteiger partial charge in [0.1, 0.15) is 0 Å². The predicted octanol–water partition coefficient (Wildman–Crippen LogP) is 3.78. The fourth-order valence-electron chi connectivity index (χ4n) is 3.94. The van der Waals surface area contributed by atoms with Gasteiger partial charge in [-0.25, -0.2) is 0 Å². The van der Waals surface area contributed by atoms with E-state index in [1.165, 1.54) is 19.3 Å². The van der Waals surface area contributed by atoms with Gasteiger partial charge in [-0.05, 0) is 37.9 Å². The largest absolute Gasteiger partial charge is 0.390 e. The summed E-state index contributed by atoms with van der Waals surface area (Å²) in [4.78, 5) is 12.5. The van der Waals surface area contributed by atoms with E-state index in [1.54, 1.807) is 0 Å². The van der Waals surface area contributed by atoms with Crippen molar-refractivity contribution in [2.75, 3.05) is 18.9 Å². The van der Waals surface area contributed by atoms with E-state index in [0.29, 0.717) is 30.5 Å². The summed E-state index contributed by atoms with van der Waals surface area (Å²) < 4.78 is 1.96. The summed E-state index contributed by atoms with van der Waals surface area (Å²) in [6.07, 6.45) is 7.97. The summed E-state index contributed by atoms with van der Waals surface area (Å²) in [7, 11) is 1.81. The van der Waals surface area contributed by atoms with Gasteiger partial charge in [-0.2, -0.15) is 0 Å². The number of aromatic nitrogens is 1. The average molecular weight is 378 g/mol.